The standard InChI is InChI=1S/C21H21N3O2.C8H8O2.Na/c1-22-19-18(23-13-24(19)2)16-5-3-14(4-6-16)15-7-9-17(10-8-15)21(11-12-21)20(25)26;9-7-10-6-8-4-2-1-3-5-8;/h3-10,13,22H,11-12H2,1-2H3,(H,25,26);1-5,7H,6H2;/q;;+1/p-1. The van der Waals surface area contributed by atoms with E-state index in [1.54, 1.807) is 6.33 Å². The first-order valence-corrected chi connectivity index (χ1v) is 11.7. The molecule has 1 N–H and O–H groups in total. The molecule has 0 saturated heterocycles. The number of hydrogen-bond donors (Lipinski definition) is 1. The van der Waals surface area contributed by atoms with Crippen molar-refractivity contribution in [2.75, 3.05) is 12.4 Å². The van der Waals surface area contributed by atoms with Crippen molar-refractivity contribution in [1.29, 1.82) is 0 Å². The van der Waals surface area contributed by atoms with E-state index in [0.717, 1.165) is 39.3 Å². The molecule has 37 heavy (non-hydrogen) atoms. The van der Waals surface area contributed by atoms with Crippen molar-refractivity contribution in [2.45, 2.75) is 24.9 Å². The molecule has 1 saturated carbocycles. The molecule has 0 bridgehead atoms. The number of nitrogens with one attached hydrogen (secondary N) is 1. The van der Waals surface area contributed by atoms with Gasteiger partial charge in [-0.3, -0.25) is 4.79 Å². The minimum absolute atomic E-state index is 0. The number of hydrogen-bond acceptors (Lipinski definition) is 6. The van der Waals surface area contributed by atoms with Crippen LogP contribution in [-0.2, 0) is 33.4 Å². The van der Waals surface area contributed by atoms with Gasteiger partial charge in [0.05, 0.1) is 12.3 Å². The number of anilines is 1. The van der Waals surface area contributed by atoms with Gasteiger partial charge in [-0.1, -0.05) is 78.9 Å². The third-order valence-corrected chi connectivity index (χ3v) is 6.40. The van der Waals surface area contributed by atoms with E-state index < -0.39 is 11.4 Å². The fourth-order valence-electron chi connectivity index (χ4n) is 4.18. The first-order valence-electron chi connectivity index (χ1n) is 11.7. The Labute approximate surface area is 238 Å². The van der Waals surface area contributed by atoms with E-state index >= 15 is 0 Å². The van der Waals surface area contributed by atoms with Crippen LogP contribution in [0.15, 0.2) is 85.2 Å². The molecular formula is C29H28N3NaO4. The molecule has 0 amide bonds. The van der Waals surface area contributed by atoms with Crippen molar-refractivity contribution in [1.82, 2.24) is 9.55 Å². The number of carbonyl (C=O) groups excluding carboxylic acids is 2. The van der Waals surface area contributed by atoms with Gasteiger partial charge in [0.1, 0.15) is 18.1 Å². The number of carbonyl (C=O) groups is 2. The molecule has 1 aromatic heterocycles. The Balaban J connectivity index is 0.000000293. The molecule has 5 rings (SSSR count). The van der Waals surface area contributed by atoms with Crippen LogP contribution >= 0.6 is 0 Å². The number of rotatable bonds is 8. The quantitative estimate of drug-likeness (QED) is 0.283. The van der Waals surface area contributed by atoms with Crippen molar-refractivity contribution >= 4 is 18.3 Å². The van der Waals surface area contributed by atoms with Gasteiger partial charge < -0.3 is 24.5 Å². The maximum absolute atomic E-state index is 11.3. The van der Waals surface area contributed by atoms with E-state index in [-0.39, 0.29) is 29.6 Å². The van der Waals surface area contributed by atoms with Crippen LogP contribution in [0.5, 0.6) is 0 Å². The van der Waals surface area contributed by atoms with Gasteiger partial charge in [0, 0.05) is 25.1 Å². The van der Waals surface area contributed by atoms with Gasteiger partial charge in [0.25, 0.3) is 6.47 Å². The summed E-state index contributed by atoms with van der Waals surface area (Å²) >= 11 is 0. The summed E-state index contributed by atoms with van der Waals surface area (Å²) in [6, 6.07) is 25.5. The number of aromatic nitrogens is 2. The largest absolute Gasteiger partial charge is 1.00 e. The molecule has 8 heteroatoms. The van der Waals surface area contributed by atoms with Crippen LogP contribution in [0.3, 0.4) is 0 Å². The Kier molecular flexibility index (Phi) is 9.69. The van der Waals surface area contributed by atoms with Gasteiger partial charge in [-0.15, -0.1) is 0 Å². The minimum Gasteiger partial charge on any atom is -0.549 e. The third kappa shape index (κ3) is 6.49. The van der Waals surface area contributed by atoms with Crippen LogP contribution < -0.4 is 40.0 Å². The van der Waals surface area contributed by atoms with E-state index in [1.165, 1.54) is 0 Å². The molecule has 3 aromatic carbocycles. The summed E-state index contributed by atoms with van der Waals surface area (Å²) in [6.45, 7) is 0.817. The van der Waals surface area contributed by atoms with Gasteiger partial charge >= 0.3 is 29.6 Å². The second kappa shape index (κ2) is 12.7. The average molecular weight is 506 g/mol. The van der Waals surface area contributed by atoms with Crippen LogP contribution in [0.25, 0.3) is 22.4 Å². The molecule has 0 radical (unpaired) electrons. The zero-order valence-corrected chi connectivity index (χ0v) is 23.3. The van der Waals surface area contributed by atoms with Crippen LogP contribution in [-0.4, -0.2) is 29.0 Å². The van der Waals surface area contributed by atoms with E-state index in [4.69, 9.17) is 0 Å². The molecule has 1 fully saturated rings. The van der Waals surface area contributed by atoms with Crippen molar-refractivity contribution in [3.63, 3.8) is 0 Å². The van der Waals surface area contributed by atoms with Crippen molar-refractivity contribution in [2.24, 2.45) is 7.05 Å². The number of benzene rings is 3. The minimum atomic E-state index is -0.967. The maximum atomic E-state index is 11.3. The van der Waals surface area contributed by atoms with Gasteiger partial charge in [0.2, 0.25) is 0 Å². The number of aryl methyl sites for hydroxylation is 1. The number of aliphatic carboxylic acids is 1. The van der Waals surface area contributed by atoms with Crippen molar-refractivity contribution in [3.05, 3.63) is 96.3 Å². The predicted octanol–water partition coefficient (Wildman–Crippen LogP) is 0.941. The van der Waals surface area contributed by atoms with Gasteiger partial charge in [0.15, 0.2) is 0 Å². The number of imidazole rings is 1. The molecule has 0 atom stereocenters. The number of carboxylic acids is 1. The molecule has 184 valence electrons. The monoisotopic (exact) mass is 505 g/mol. The summed E-state index contributed by atoms with van der Waals surface area (Å²) in [5, 5.41) is 14.5. The Bertz CT molecular complexity index is 1320. The molecule has 0 unspecified atom stereocenters. The van der Waals surface area contributed by atoms with Gasteiger partial charge in [-0.2, -0.15) is 0 Å². The summed E-state index contributed by atoms with van der Waals surface area (Å²) in [7, 11) is 3.84. The summed E-state index contributed by atoms with van der Waals surface area (Å²) in [6.07, 6.45) is 3.13. The molecule has 1 aliphatic carbocycles. The summed E-state index contributed by atoms with van der Waals surface area (Å²) in [5.41, 5.74) is 5.19. The SMILES string of the molecule is CNc1c(-c2ccc(-c3ccc(C4(C(=O)[O-])CC4)cc3)cc2)ncn1C.O=COCc1ccccc1.[Na+]. The predicted molar refractivity (Wildman–Crippen MR) is 137 cm³/mol. The topological polar surface area (TPSA) is 96.3 Å². The second-order valence-electron chi connectivity index (χ2n) is 8.72. The Hall–Kier alpha value is -3.39. The average Bonchev–Trinajstić information content (AvgIpc) is 3.66. The molecule has 1 heterocycles. The first-order chi connectivity index (χ1) is 17.5. The normalized spacial score (nSPS) is 12.8. The zero-order chi connectivity index (χ0) is 25.5. The van der Waals surface area contributed by atoms with Crippen molar-refractivity contribution < 1.29 is 49.0 Å². The molecule has 0 aliphatic heterocycles. The van der Waals surface area contributed by atoms with Crippen LogP contribution in [0, 0.1) is 0 Å². The summed E-state index contributed by atoms with van der Waals surface area (Å²) < 4.78 is 6.49. The third-order valence-electron chi connectivity index (χ3n) is 6.40. The number of nitrogens with zero attached hydrogens (tertiary/aromatic N) is 2. The van der Waals surface area contributed by atoms with E-state index in [0.29, 0.717) is 25.9 Å². The fourth-order valence-corrected chi connectivity index (χ4v) is 4.18. The zero-order valence-electron chi connectivity index (χ0n) is 21.3. The molecule has 7 nitrogen and oxygen atoms in total. The smallest absolute Gasteiger partial charge is 0.549 e. The van der Waals surface area contributed by atoms with Gasteiger partial charge in [-0.05, 0) is 35.1 Å². The van der Waals surface area contributed by atoms with Crippen LogP contribution in [0.2, 0.25) is 0 Å². The van der Waals surface area contributed by atoms with E-state index in [2.05, 4.69) is 39.3 Å². The van der Waals surface area contributed by atoms with E-state index in [1.807, 2.05) is 73.3 Å². The fraction of sp³-hybridized carbons (Fsp3) is 0.207. The Morgan fingerprint density at radius 1 is 1.00 bits per heavy atom. The number of ether oxygens (including phenoxy) is 1. The van der Waals surface area contributed by atoms with E-state index in [9.17, 15) is 14.7 Å². The molecule has 1 aliphatic rings. The molecule has 0 spiro atoms. The Morgan fingerprint density at radius 2 is 1.57 bits per heavy atom. The summed E-state index contributed by atoms with van der Waals surface area (Å²) in [5.74, 6) is 0.00409. The number of carboxylic acid groups (broad SMARTS) is 1. The van der Waals surface area contributed by atoms with Gasteiger partial charge in [-0.25, -0.2) is 4.98 Å². The van der Waals surface area contributed by atoms with Crippen LogP contribution in [0.1, 0.15) is 24.0 Å². The summed E-state index contributed by atoms with van der Waals surface area (Å²) in [4.78, 5) is 25.6. The maximum Gasteiger partial charge on any atom is 1.00 e. The second-order valence-corrected chi connectivity index (χ2v) is 8.72. The first kappa shape index (κ1) is 28.2. The molecular weight excluding hydrogens is 477 g/mol. The van der Waals surface area contributed by atoms with Crippen molar-refractivity contribution in [3.8, 4) is 22.4 Å². The van der Waals surface area contributed by atoms with Crippen LogP contribution in [0.4, 0.5) is 5.82 Å². The Morgan fingerprint density at radius 3 is 2.08 bits per heavy atom. The molecule has 4 aromatic rings.